The number of aryl methyl sites for hydroxylation is 8. The molecule has 0 fully saturated rings. The van der Waals surface area contributed by atoms with Crippen molar-refractivity contribution >= 4 is 57.5 Å². The molecule has 0 aromatic heterocycles. The standard InChI is InChI=1S/C25H36N4S.C23H28N4.CH4/c1-18-12-10-13-19(2)23(18)28-22(5)26-16-8-7-9-17-27-25(30-6)29-24-20(3)14-11-15-21(24)4;1-18-10-8-11-19(2)22(18)26-16-24-14-6-5-7-15-25-17-27-23-20(3)12-9-13-21(23)4;/h10-15H,7-9,16-17H2,1-6H3,(H,26,28)(H,27,29);8-13H,5-7,14-15H2,1-4H3;1H4. The molecule has 4 aromatic carbocycles. The van der Waals surface area contributed by atoms with Crippen LogP contribution >= 0.6 is 11.8 Å². The highest BCUT2D eigenvalue weighted by molar-refractivity contribution is 8.13. The largest absolute Gasteiger partial charge is 0.344 e. The van der Waals surface area contributed by atoms with Crippen LogP contribution < -0.4 is 10.6 Å². The summed E-state index contributed by atoms with van der Waals surface area (Å²) in [7, 11) is 0. The molecule has 58 heavy (non-hydrogen) atoms. The molecule has 0 atom stereocenters. The second-order valence-corrected chi connectivity index (χ2v) is 15.2. The topological polar surface area (TPSA) is 98.2 Å². The van der Waals surface area contributed by atoms with Gasteiger partial charge in [-0.1, -0.05) is 92.0 Å². The van der Waals surface area contributed by atoms with Gasteiger partial charge >= 0.3 is 0 Å². The third-order valence-corrected chi connectivity index (χ3v) is 10.1. The second kappa shape index (κ2) is 27.5. The number of para-hydroxylation sites is 4. The van der Waals surface area contributed by atoms with E-state index in [2.05, 4.69) is 170 Å². The summed E-state index contributed by atoms with van der Waals surface area (Å²) in [5.41, 5.74) is 13.9. The van der Waals surface area contributed by atoms with Crippen molar-refractivity contribution in [3.63, 3.8) is 0 Å². The van der Waals surface area contributed by atoms with Crippen LogP contribution in [0.4, 0.5) is 22.7 Å². The van der Waals surface area contributed by atoms with Gasteiger partial charge in [0.2, 0.25) is 0 Å². The molecule has 8 nitrogen and oxygen atoms in total. The van der Waals surface area contributed by atoms with E-state index in [4.69, 9.17) is 4.99 Å². The Morgan fingerprint density at radius 2 is 0.828 bits per heavy atom. The van der Waals surface area contributed by atoms with Crippen LogP contribution in [0, 0.1) is 55.4 Å². The fraction of sp³-hybridized carbons (Fsp3) is 0.429. The van der Waals surface area contributed by atoms with E-state index in [1.54, 1.807) is 11.8 Å². The van der Waals surface area contributed by atoms with Crippen LogP contribution in [0.15, 0.2) is 103 Å². The monoisotopic (exact) mass is 801 g/mol. The predicted molar refractivity (Wildman–Crippen MR) is 258 cm³/mol. The van der Waals surface area contributed by atoms with Gasteiger partial charge in [-0.25, -0.2) is 9.98 Å². The number of unbranched alkanes of at least 4 members (excludes halogenated alkanes) is 4. The zero-order chi connectivity index (χ0) is 41.4. The maximum Gasteiger partial charge on any atom is 0.160 e. The van der Waals surface area contributed by atoms with Crippen molar-refractivity contribution in [1.29, 1.82) is 0 Å². The van der Waals surface area contributed by atoms with Crippen molar-refractivity contribution in [2.24, 2.45) is 30.0 Å². The molecule has 4 aromatic rings. The first kappa shape index (κ1) is 49.1. The molecule has 0 saturated carbocycles. The van der Waals surface area contributed by atoms with Crippen molar-refractivity contribution in [1.82, 2.24) is 0 Å². The first-order chi connectivity index (χ1) is 27.5. The van der Waals surface area contributed by atoms with Crippen LogP contribution in [0.3, 0.4) is 0 Å². The van der Waals surface area contributed by atoms with E-state index in [1.807, 2.05) is 19.1 Å². The normalized spacial score (nSPS) is 10.9. The number of hydrogen-bond donors (Lipinski definition) is 2. The minimum Gasteiger partial charge on any atom is -0.344 e. The first-order valence-electron chi connectivity index (χ1n) is 20.1. The third kappa shape index (κ3) is 17.6. The number of nitrogens with one attached hydrogen (secondary N) is 2. The Labute approximate surface area is 354 Å². The lowest BCUT2D eigenvalue weighted by atomic mass is 10.1. The molecule has 0 saturated heterocycles. The van der Waals surface area contributed by atoms with Crippen molar-refractivity contribution < 1.29 is 0 Å². The average Bonchev–Trinajstić information content (AvgIpc) is 3.18. The molecular weight excluding hydrogens is 733 g/mol. The Balaban J connectivity index is 0.000000395. The lowest BCUT2D eigenvalue weighted by Crippen LogP contribution is -2.11. The van der Waals surface area contributed by atoms with Crippen molar-refractivity contribution in [2.45, 2.75) is 108 Å². The Kier molecular flexibility index (Phi) is 23.3. The third-order valence-electron chi connectivity index (χ3n) is 9.50. The van der Waals surface area contributed by atoms with E-state index in [9.17, 15) is 0 Å². The van der Waals surface area contributed by atoms with Gasteiger partial charge in [0, 0.05) is 37.6 Å². The maximum atomic E-state index is 4.75. The van der Waals surface area contributed by atoms with Crippen LogP contribution in [-0.4, -0.2) is 55.5 Å². The van der Waals surface area contributed by atoms with Gasteiger partial charge in [0.25, 0.3) is 0 Å². The van der Waals surface area contributed by atoms with Gasteiger partial charge in [0.15, 0.2) is 5.17 Å². The number of anilines is 2. The van der Waals surface area contributed by atoms with Crippen LogP contribution in [0.5, 0.6) is 0 Å². The highest BCUT2D eigenvalue weighted by atomic mass is 32.2. The van der Waals surface area contributed by atoms with Crippen LogP contribution in [0.25, 0.3) is 0 Å². The Morgan fingerprint density at radius 1 is 0.483 bits per heavy atom. The molecule has 4 rings (SSSR count). The molecule has 0 aliphatic rings. The SMILES string of the molecule is C.CSC(=NCCCCCN=C(C)Nc1c(C)cccc1C)Nc1c(C)cccc1C.Cc1cccc(C)c1N=C=NCCCCCN=C=Nc1c(C)cccc1C. The van der Waals surface area contributed by atoms with E-state index < -0.39 is 0 Å². The second-order valence-electron chi connectivity index (χ2n) is 14.4. The molecule has 0 aliphatic carbocycles. The van der Waals surface area contributed by atoms with Crippen LogP contribution in [0.1, 0.15) is 97.4 Å². The van der Waals surface area contributed by atoms with Crippen molar-refractivity contribution in [2.75, 3.05) is 43.1 Å². The average molecular weight is 801 g/mol. The smallest absolute Gasteiger partial charge is 0.160 e. The number of rotatable bonds is 16. The number of aliphatic imine (C=N–C) groups is 6. The highest BCUT2D eigenvalue weighted by Gasteiger charge is 2.06. The fourth-order valence-corrected chi connectivity index (χ4v) is 6.55. The summed E-state index contributed by atoms with van der Waals surface area (Å²) in [6.45, 7) is 22.0. The van der Waals surface area contributed by atoms with E-state index in [1.165, 1.54) is 33.6 Å². The van der Waals surface area contributed by atoms with Gasteiger partial charge in [-0.2, -0.15) is 9.98 Å². The lowest BCUT2D eigenvalue weighted by molar-refractivity contribution is 0.697. The van der Waals surface area contributed by atoms with Crippen LogP contribution in [0.2, 0.25) is 0 Å². The molecule has 2 N–H and O–H groups in total. The minimum absolute atomic E-state index is 0. The van der Waals surface area contributed by atoms with Crippen LogP contribution in [-0.2, 0) is 0 Å². The molecule has 9 heteroatoms. The first-order valence-corrected chi connectivity index (χ1v) is 21.4. The summed E-state index contributed by atoms with van der Waals surface area (Å²) < 4.78 is 0. The fourth-order valence-electron chi connectivity index (χ4n) is 6.13. The molecule has 0 heterocycles. The highest BCUT2D eigenvalue weighted by Crippen LogP contribution is 2.24. The van der Waals surface area contributed by atoms with E-state index in [-0.39, 0.29) is 7.43 Å². The minimum atomic E-state index is 0. The summed E-state index contributed by atoms with van der Waals surface area (Å²) >= 11 is 1.67. The molecule has 0 bridgehead atoms. The van der Waals surface area contributed by atoms with Gasteiger partial charge in [0.1, 0.15) is 0 Å². The lowest BCUT2D eigenvalue weighted by Gasteiger charge is -2.13. The number of hydrogen-bond acceptors (Lipinski definition) is 7. The molecule has 0 spiro atoms. The van der Waals surface area contributed by atoms with Crippen molar-refractivity contribution in [3.05, 3.63) is 117 Å². The van der Waals surface area contributed by atoms with Gasteiger partial charge < -0.3 is 10.6 Å². The van der Waals surface area contributed by atoms with Crippen molar-refractivity contribution in [3.8, 4) is 0 Å². The number of nitrogens with zero attached hydrogens (tertiary/aromatic N) is 6. The quantitative estimate of drug-likeness (QED) is 0.0670. The van der Waals surface area contributed by atoms with E-state index >= 15 is 0 Å². The van der Waals surface area contributed by atoms with E-state index in [0.29, 0.717) is 0 Å². The predicted octanol–water partition coefficient (Wildman–Crippen LogP) is 13.8. The summed E-state index contributed by atoms with van der Waals surface area (Å²) in [6.07, 6.45) is 8.47. The van der Waals surface area contributed by atoms with Gasteiger partial charge in [-0.15, -0.1) is 0 Å². The summed E-state index contributed by atoms with van der Waals surface area (Å²) in [5, 5.41) is 7.93. The Hall–Kier alpha value is -5.07. The number of thioether (sulfide) groups is 1. The summed E-state index contributed by atoms with van der Waals surface area (Å²) in [6, 6.07) is 30.6. The maximum absolute atomic E-state index is 4.75. The Morgan fingerprint density at radius 3 is 1.22 bits per heavy atom. The molecule has 310 valence electrons. The molecule has 0 aliphatic heterocycles. The Bertz CT molecular complexity index is 1910. The van der Waals surface area contributed by atoms with E-state index in [0.717, 1.165) is 109 Å². The molecule has 0 unspecified atom stereocenters. The summed E-state index contributed by atoms with van der Waals surface area (Å²) in [4.78, 5) is 26.6. The zero-order valence-electron chi connectivity index (χ0n) is 36.1. The number of amidine groups is 2. The molecule has 0 amide bonds. The van der Waals surface area contributed by atoms with Gasteiger partial charge in [-0.3, -0.25) is 9.98 Å². The molecular formula is C49H68N8S. The number of benzene rings is 4. The molecule has 0 radical (unpaired) electrons. The van der Waals surface area contributed by atoms with Gasteiger partial charge in [0.05, 0.1) is 29.2 Å². The van der Waals surface area contributed by atoms with Gasteiger partial charge in [-0.05, 0) is 152 Å². The zero-order valence-corrected chi connectivity index (χ0v) is 36.9. The summed E-state index contributed by atoms with van der Waals surface area (Å²) in [5.74, 6) is 0.980.